The molecule has 0 aliphatic rings. The highest BCUT2D eigenvalue weighted by molar-refractivity contribution is 5.67. The molecule has 0 fully saturated rings. The molecule has 0 aromatic carbocycles. The molecule has 1 N–H and O–H groups in total. The van der Waals surface area contributed by atoms with E-state index in [9.17, 15) is 4.79 Å². The van der Waals surface area contributed by atoms with E-state index in [1.54, 1.807) is 6.20 Å². The lowest BCUT2D eigenvalue weighted by molar-refractivity contribution is -0.137. The normalized spacial score (nSPS) is 12.5. The van der Waals surface area contributed by atoms with E-state index in [1.807, 2.05) is 26.0 Å². The standard InChI is InChI=1S/C10H13NO2/c1-7-3-4-9(11-6-7)8(2)5-10(12)13/h3-4,6,8H,5H2,1-2H3,(H,12,13). The van der Waals surface area contributed by atoms with Crippen molar-refractivity contribution in [1.29, 1.82) is 0 Å². The molecule has 70 valence electrons. The van der Waals surface area contributed by atoms with Gasteiger partial charge in [-0.25, -0.2) is 0 Å². The highest BCUT2D eigenvalue weighted by Crippen LogP contribution is 2.16. The quantitative estimate of drug-likeness (QED) is 0.771. The van der Waals surface area contributed by atoms with Crippen LogP contribution < -0.4 is 0 Å². The second-order valence-electron chi connectivity index (χ2n) is 3.26. The summed E-state index contributed by atoms with van der Waals surface area (Å²) in [6, 6.07) is 3.82. The van der Waals surface area contributed by atoms with Crippen LogP contribution in [0.3, 0.4) is 0 Å². The number of pyridine rings is 1. The molecule has 1 aromatic rings. The van der Waals surface area contributed by atoms with Gasteiger partial charge in [0.15, 0.2) is 0 Å². The van der Waals surface area contributed by atoms with Crippen LogP contribution in [0.2, 0.25) is 0 Å². The van der Waals surface area contributed by atoms with Gasteiger partial charge in [-0.2, -0.15) is 0 Å². The van der Waals surface area contributed by atoms with Crippen molar-refractivity contribution in [2.24, 2.45) is 0 Å². The average molecular weight is 179 g/mol. The third kappa shape index (κ3) is 2.86. The number of rotatable bonds is 3. The minimum atomic E-state index is -0.783. The number of carbonyl (C=O) groups is 1. The summed E-state index contributed by atoms with van der Waals surface area (Å²) in [6.45, 7) is 3.82. The fraction of sp³-hybridized carbons (Fsp3) is 0.400. The molecule has 0 spiro atoms. The largest absolute Gasteiger partial charge is 0.481 e. The Bertz CT molecular complexity index is 292. The third-order valence-corrected chi connectivity index (χ3v) is 1.92. The van der Waals surface area contributed by atoms with Gasteiger partial charge < -0.3 is 5.11 Å². The maximum absolute atomic E-state index is 10.4. The molecule has 13 heavy (non-hydrogen) atoms. The number of hydrogen-bond acceptors (Lipinski definition) is 2. The van der Waals surface area contributed by atoms with E-state index in [0.29, 0.717) is 0 Å². The van der Waals surface area contributed by atoms with Crippen LogP contribution in [0.4, 0.5) is 0 Å². The van der Waals surface area contributed by atoms with E-state index in [-0.39, 0.29) is 12.3 Å². The Labute approximate surface area is 77.4 Å². The summed E-state index contributed by atoms with van der Waals surface area (Å²) < 4.78 is 0. The van der Waals surface area contributed by atoms with E-state index in [2.05, 4.69) is 4.98 Å². The van der Waals surface area contributed by atoms with Gasteiger partial charge in [-0.05, 0) is 18.6 Å². The number of aliphatic carboxylic acids is 1. The summed E-state index contributed by atoms with van der Waals surface area (Å²) in [5.41, 5.74) is 1.93. The molecule has 1 aromatic heterocycles. The fourth-order valence-electron chi connectivity index (χ4n) is 1.14. The summed E-state index contributed by atoms with van der Waals surface area (Å²) in [5, 5.41) is 8.57. The molecule has 0 aliphatic carbocycles. The SMILES string of the molecule is Cc1ccc(C(C)CC(=O)O)nc1. The second-order valence-corrected chi connectivity index (χ2v) is 3.26. The molecular weight excluding hydrogens is 166 g/mol. The van der Waals surface area contributed by atoms with Crippen molar-refractivity contribution >= 4 is 5.97 Å². The number of carboxylic acid groups (broad SMARTS) is 1. The first-order chi connectivity index (χ1) is 6.09. The van der Waals surface area contributed by atoms with E-state index in [0.717, 1.165) is 11.3 Å². The highest BCUT2D eigenvalue weighted by Gasteiger charge is 2.10. The predicted molar refractivity (Wildman–Crippen MR) is 49.6 cm³/mol. The Hall–Kier alpha value is -1.38. The molecule has 1 atom stereocenters. The fourth-order valence-corrected chi connectivity index (χ4v) is 1.14. The molecule has 0 bridgehead atoms. The van der Waals surface area contributed by atoms with Crippen molar-refractivity contribution in [3.05, 3.63) is 29.6 Å². The summed E-state index contributed by atoms with van der Waals surface area (Å²) in [6.07, 6.45) is 1.89. The molecule has 0 saturated carbocycles. The van der Waals surface area contributed by atoms with Gasteiger partial charge in [0.2, 0.25) is 0 Å². The van der Waals surface area contributed by atoms with Crippen molar-refractivity contribution in [1.82, 2.24) is 4.98 Å². The minimum Gasteiger partial charge on any atom is -0.481 e. The van der Waals surface area contributed by atoms with Crippen molar-refractivity contribution in [2.75, 3.05) is 0 Å². The van der Waals surface area contributed by atoms with E-state index in [1.165, 1.54) is 0 Å². The van der Waals surface area contributed by atoms with Crippen LogP contribution in [0.25, 0.3) is 0 Å². The van der Waals surface area contributed by atoms with E-state index in [4.69, 9.17) is 5.11 Å². The molecule has 0 radical (unpaired) electrons. The van der Waals surface area contributed by atoms with Crippen LogP contribution in [0.5, 0.6) is 0 Å². The zero-order valence-electron chi connectivity index (χ0n) is 7.82. The van der Waals surface area contributed by atoms with Crippen LogP contribution in [-0.4, -0.2) is 16.1 Å². The molecule has 3 heteroatoms. The van der Waals surface area contributed by atoms with Crippen molar-refractivity contribution in [3.8, 4) is 0 Å². The first-order valence-corrected chi connectivity index (χ1v) is 4.24. The van der Waals surface area contributed by atoms with Crippen molar-refractivity contribution < 1.29 is 9.90 Å². The van der Waals surface area contributed by atoms with Gasteiger partial charge >= 0.3 is 5.97 Å². The van der Waals surface area contributed by atoms with Crippen molar-refractivity contribution in [2.45, 2.75) is 26.2 Å². The highest BCUT2D eigenvalue weighted by atomic mass is 16.4. The Kier molecular flexibility index (Phi) is 3.01. The number of carboxylic acids is 1. The first kappa shape index (κ1) is 9.71. The summed E-state index contributed by atoms with van der Waals surface area (Å²) in [4.78, 5) is 14.6. The van der Waals surface area contributed by atoms with Crippen LogP contribution in [-0.2, 0) is 4.79 Å². The van der Waals surface area contributed by atoms with Gasteiger partial charge in [0.25, 0.3) is 0 Å². The number of aromatic nitrogens is 1. The first-order valence-electron chi connectivity index (χ1n) is 4.24. The predicted octanol–water partition coefficient (Wildman–Crippen LogP) is 1.97. The smallest absolute Gasteiger partial charge is 0.304 e. The summed E-state index contributed by atoms with van der Waals surface area (Å²) in [7, 11) is 0. The van der Waals surface area contributed by atoms with E-state index < -0.39 is 5.97 Å². The Morgan fingerprint density at radius 2 is 2.31 bits per heavy atom. The van der Waals surface area contributed by atoms with Gasteiger partial charge in [-0.1, -0.05) is 13.0 Å². The summed E-state index contributed by atoms with van der Waals surface area (Å²) >= 11 is 0. The van der Waals surface area contributed by atoms with E-state index >= 15 is 0 Å². The van der Waals surface area contributed by atoms with Crippen LogP contribution in [0, 0.1) is 6.92 Å². The molecular formula is C10H13NO2. The lowest BCUT2D eigenvalue weighted by atomic mass is 10.0. The molecule has 0 saturated heterocycles. The Balaban J connectivity index is 2.71. The maximum Gasteiger partial charge on any atom is 0.304 e. The van der Waals surface area contributed by atoms with Crippen LogP contribution in [0.1, 0.15) is 30.5 Å². The maximum atomic E-state index is 10.4. The van der Waals surface area contributed by atoms with Crippen molar-refractivity contribution in [3.63, 3.8) is 0 Å². The van der Waals surface area contributed by atoms with Crippen LogP contribution in [0.15, 0.2) is 18.3 Å². The Morgan fingerprint density at radius 3 is 2.77 bits per heavy atom. The molecule has 0 amide bonds. The van der Waals surface area contributed by atoms with Gasteiger partial charge in [0, 0.05) is 17.8 Å². The van der Waals surface area contributed by atoms with Gasteiger partial charge in [0.05, 0.1) is 6.42 Å². The number of aryl methyl sites for hydroxylation is 1. The topological polar surface area (TPSA) is 50.2 Å². The lowest BCUT2D eigenvalue weighted by Crippen LogP contribution is -2.04. The molecule has 1 rings (SSSR count). The Morgan fingerprint density at radius 1 is 1.62 bits per heavy atom. The zero-order valence-corrected chi connectivity index (χ0v) is 7.82. The minimum absolute atomic E-state index is 0.0156. The third-order valence-electron chi connectivity index (χ3n) is 1.92. The summed E-state index contributed by atoms with van der Waals surface area (Å²) in [5.74, 6) is -0.798. The number of nitrogens with zero attached hydrogens (tertiary/aromatic N) is 1. The van der Waals surface area contributed by atoms with Gasteiger partial charge in [-0.3, -0.25) is 9.78 Å². The number of hydrogen-bond donors (Lipinski definition) is 1. The monoisotopic (exact) mass is 179 g/mol. The molecule has 1 unspecified atom stereocenters. The zero-order chi connectivity index (χ0) is 9.84. The van der Waals surface area contributed by atoms with Gasteiger partial charge in [0.1, 0.15) is 0 Å². The average Bonchev–Trinajstić information content (AvgIpc) is 2.04. The second kappa shape index (κ2) is 4.03. The molecule has 3 nitrogen and oxygen atoms in total. The molecule has 1 heterocycles. The van der Waals surface area contributed by atoms with Gasteiger partial charge in [-0.15, -0.1) is 0 Å². The lowest BCUT2D eigenvalue weighted by Gasteiger charge is -2.07. The van der Waals surface area contributed by atoms with Crippen LogP contribution >= 0.6 is 0 Å². The molecule has 0 aliphatic heterocycles.